The molecule has 1 aromatic carbocycles. The largest absolute Gasteiger partial charge is 0.250 e. The zero-order valence-electron chi connectivity index (χ0n) is 12.5. The number of nitrogens with one attached hydrogen (secondary N) is 1. The van der Waals surface area contributed by atoms with E-state index in [1.807, 2.05) is 0 Å². The molecule has 2 unspecified atom stereocenters. The van der Waals surface area contributed by atoms with E-state index in [0.717, 1.165) is 29.5 Å². The summed E-state index contributed by atoms with van der Waals surface area (Å²) in [6, 6.07) is 12.1. The Kier molecular flexibility index (Phi) is 4.12. The van der Waals surface area contributed by atoms with Crippen LogP contribution < -0.4 is 4.72 Å². The van der Waals surface area contributed by atoms with Crippen LogP contribution in [0.25, 0.3) is 0 Å². The molecule has 2 aromatic rings. The monoisotopic (exact) mass is 411 g/mol. The van der Waals surface area contributed by atoms with Crippen LogP contribution in [0.1, 0.15) is 24.0 Å². The maximum Gasteiger partial charge on any atom is 0.250 e. The van der Waals surface area contributed by atoms with Gasteiger partial charge in [0.2, 0.25) is 10.0 Å². The summed E-state index contributed by atoms with van der Waals surface area (Å²) >= 11 is 4.61. The van der Waals surface area contributed by atoms with E-state index in [9.17, 15) is 8.42 Å². The van der Waals surface area contributed by atoms with Gasteiger partial charge in [-0.3, -0.25) is 0 Å². The first-order valence-corrected chi connectivity index (χ1v) is 11.0. The Bertz CT molecular complexity index is 798. The van der Waals surface area contributed by atoms with Gasteiger partial charge in [0.25, 0.3) is 0 Å². The third-order valence-corrected chi connectivity index (χ3v) is 8.69. The lowest BCUT2D eigenvalue weighted by atomic mass is 9.94. The zero-order valence-corrected chi connectivity index (χ0v) is 15.8. The number of benzene rings is 1. The first kappa shape index (κ1) is 15.8. The molecule has 3 nitrogen and oxygen atoms in total. The predicted octanol–water partition coefficient (Wildman–Crippen LogP) is 3.98. The number of halogens is 1. The molecule has 0 saturated heterocycles. The molecule has 2 aliphatic carbocycles. The second kappa shape index (κ2) is 5.99. The Morgan fingerprint density at radius 2 is 1.61 bits per heavy atom. The lowest BCUT2D eigenvalue weighted by molar-refractivity contribution is 0.386. The molecule has 23 heavy (non-hydrogen) atoms. The van der Waals surface area contributed by atoms with Crippen LogP contribution in [0.15, 0.2) is 44.4 Å². The molecule has 1 aromatic heterocycles. The molecular weight excluding hydrogens is 394 g/mol. The van der Waals surface area contributed by atoms with Crippen molar-refractivity contribution in [1.29, 1.82) is 0 Å². The van der Waals surface area contributed by atoms with E-state index < -0.39 is 10.0 Å². The molecule has 122 valence electrons. The van der Waals surface area contributed by atoms with Gasteiger partial charge in [0.15, 0.2) is 0 Å². The van der Waals surface area contributed by atoms with E-state index >= 15 is 0 Å². The van der Waals surface area contributed by atoms with Gasteiger partial charge >= 0.3 is 0 Å². The maximum absolute atomic E-state index is 12.7. The van der Waals surface area contributed by atoms with E-state index in [4.69, 9.17) is 0 Å². The average Bonchev–Trinajstić information content (AvgIpc) is 3.04. The summed E-state index contributed by atoms with van der Waals surface area (Å²) in [6.07, 6.45) is 4.18. The van der Waals surface area contributed by atoms with Gasteiger partial charge in [-0.1, -0.05) is 24.3 Å². The molecule has 6 heteroatoms. The molecule has 2 bridgehead atoms. The molecule has 1 heterocycles. The Labute approximate surface area is 149 Å². The number of hydrogen-bond acceptors (Lipinski definition) is 3. The number of sulfonamides is 1. The molecule has 4 rings (SSSR count). The van der Waals surface area contributed by atoms with Gasteiger partial charge in [0.1, 0.15) is 4.21 Å². The van der Waals surface area contributed by atoms with Gasteiger partial charge in [0.05, 0.1) is 3.79 Å². The van der Waals surface area contributed by atoms with Crippen LogP contribution in [0.4, 0.5) is 0 Å². The highest BCUT2D eigenvalue weighted by Gasteiger charge is 2.41. The molecule has 1 saturated carbocycles. The summed E-state index contributed by atoms with van der Waals surface area (Å²) in [7, 11) is -3.43. The zero-order chi connectivity index (χ0) is 16.0. The summed E-state index contributed by atoms with van der Waals surface area (Å²) in [5.74, 6) is 0.809. The van der Waals surface area contributed by atoms with Crippen molar-refractivity contribution >= 4 is 37.3 Å². The van der Waals surface area contributed by atoms with Gasteiger partial charge in [-0.15, -0.1) is 11.3 Å². The SMILES string of the molecule is O=S(=O)(NC1C2CCC1Cc1ccccc1C2)c1ccc(Br)s1. The smallest absolute Gasteiger partial charge is 0.207 e. The summed E-state index contributed by atoms with van der Waals surface area (Å²) in [5, 5.41) is 0. The van der Waals surface area contributed by atoms with Crippen LogP contribution in [-0.2, 0) is 22.9 Å². The van der Waals surface area contributed by atoms with Crippen molar-refractivity contribution in [1.82, 2.24) is 4.72 Å². The standard InChI is InChI=1S/C17H18BrNO2S2/c18-15-7-8-16(22-15)23(20,21)19-17-13-5-6-14(17)10-12-4-2-1-3-11(12)9-13/h1-4,7-8,13-14,17,19H,5-6,9-10H2. The van der Waals surface area contributed by atoms with Crippen LogP contribution in [0.2, 0.25) is 0 Å². The van der Waals surface area contributed by atoms with Crippen LogP contribution in [0, 0.1) is 11.8 Å². The summed E-state index contributed by atoms with van der Waals surface area (Å²) < 4.78 is 29.7. The van der Waals surface area contributed by atoms with Crippen molar-refractivity contribution in [3.05, 3.63) is 51.3 Å². The van der Waals surface area contributed by atoms with Crippen LogP contribution in [-0.4, -0.2) is 14.5 Å². The molecule has 0 aliphatic heterocycles. The highest BCUT2D eigenvalue weighted by molar-refractivity contribution is 9.11. The fraction of sp³-hybridized carbons (Fsp3) is 0.412. The fourth-order valence-corrected chi connectivity index (χ4v) is 7.42. The summed E-state index contributed by atoms with van der Waals surface area (Å²) in [5.41, 5.74) is 2.78. The van der Waals surface area contributed by atoms with Crippen LogP contribution in [0.5, 0.6) is 0 Å². The topological polar surface area (TPSA) is 46.2 Å². The quantitative estimate of drug-likeness (QED) is 0.829. The van der Waals surface area contributed by atoms with E-state index in [-0.39, 0.29) is 6.04 Å². The molecule has 0 spiro atoms. The van der Waals surface area contributed by atoms with Crippen LogP contribution >= 0.6 is 27.3 Å². The van der Waals surface area contributed by atoms with E-state index in [1.165, 1.54) is 22.5 Å². The van der Waals surface area contributed by atoms with Gasteiger partial charge < -0.3 is 0 Å². The van der Waals surface area contributed by atoms with Crippen molar-refractivity contribution in [3.63, 3.8) is 0 Å². The molecular formula is C17H18BrNO2S2. The highest BCUT2D eigenvalue weighted by Crippen LogP contribution is 2.41. The second-order valence-corrected chi connectivity index (χ2v) is 10.9. The number of fused-ring (bicyclic) bond motifs is 3. The third kappa shape index (κ3) is 3.02. The van der Waals surface area contributed by atoms with E-state index in [0.29, 0.717) is 16.0 Å². The van der Waals surface area contributed by atoms with E-state index in [1.54, 1.807) is 12.1 Å². The van der Waals surface area contributed by atoms with Crippen molar-refractivity contribution in [2.24, 2.45) is 11.8 Å². The van der Waals surface area contributed by atoms with Crippen LogP contribution in [0.3, 0.4) is 0 Å². The lowest BCUT2D eigenvalue weighted by Crippen LogP contribution is -2.41. The van der Waals surface area contributed by atoms with Gasteiger partial charge in [-0.25, -0.2) is 13.1 Å². The predicted molar refractivity (Wildman–Crippen MR) is 96.2 cm³/mol. The summed E-state index contributed by atoms with van der Waals surface area (Å²) in [4.78, 5) is 0. The first-order chi connectivity index (χ1) is 11.0. The lowest BCUT2D eigenvalue weighted by Gasteiger charge is -2.23. The van der Waals surface area contributed by atoms with Gasteiger partial charge in [0, 0.05) is 6.04 Å². The minimum atomic E-state index is -3.43. The Morgan fingerprint density at radius 3 is 2.13 bits per heavy atom. The maximum atomic E-state index is 12.7. The number of hydrogen-bond donors (Lipinski definition) is 1. The van der Waals surface area contributed by atoms with Crippen molar-refractivity contribution in [2.45, 2.75) is 35.9 Å². The van der Waals surface area contributed by atoms with Crippen molar-refractivity contribution in [2.75, 3.05) is 0 Å². The minimum Gasteiger partial charge on any atom is -0.207 e. The molecule has 2 atom stereocenters. The van der Waals surface area contributed by atoms with Crippen molar-refractivity contribution < 1.29 is 8.42 Å². The Balaban J connectivity index is 1.61. The highest BCUT2D eigenvalue weighted by atomic mass is 79.9. The molecule has 0 amide bonds. The summed E-state index contributed by atoms with van der Waals surface area (Å²) in [6.45, 7) is 0. The molecule has 2 aliphatic rings. The Morgan fingerprint density at radius 1 is 1.00 bits per heavy atom. The van der Waals surface area contributed by atoms with Crippen molar-refractivity contribution in [3.8, 4) is 0 Å². The minimum absolute atomic E-state index is 0.0493. The van der Waals surface area contributed by atoms with Gasteiger partial charge in [-0.05, 0) is 76.7 Å². The average molecular weight is 412 g/mol. The Hall–Kier alpha value is -0.690. The number of rotatable bonds is 3. The molecule has 1 fully saturated rings. The normalized spacial score (nSPS) is 26.7. The van der Waals surface area contributed by atoms with E-state index in [2.05, 4.69) is 44.9 Å². The third-order valence-electron chi connectivity index (χ3n) is 5.11. The second-order valence-electron chi connectivity index (χ2n) is 6.48. The first-order valence-electron chi connectivity index (χ1n) is 7.87. The number of thiophene rings is 1. The molecule has 0 radical (unpaired) electrons. The molecule has 1 N–H and O–H groups in total. The fourth-order valence-electron chi connectivity index (χ4n) is 4.02. The van der Waals surface area contributed by atoms with Gasteiger partial charge in [-0.2, -0.15) is 0 Å².